The monoisotopic (exact) mass is 452 g/mol. The Kier molecular flexibility index (Phi) is 6.75. The SMILES string of the molecule is COc1cc(NC(=O)C2CCCN(c3ccc(-c4ccc(Cl)cc4)nn3)C2)cc(OC)c1. The van der Waals surface area contributed by atoms with Gasteiger partial charge in [-0.3, -0.25) is 4.79 Å². The maximum absolute atomic E-state index is 12.9. The molecule has 0 bridgehead atoms. The van der Waals surface area contributed by atoms with Crippen molar-refractivity contribution in [2.24, 2.45) is 5.92 Å². The lowest BCUT2D eigenvalue weighted by molar-refractivity contribution is -0.120. The normalized spacial score (nSPS) is 15.8. The van der Waals surface area contributed by atoms with Gasteiger partial charge in [0.05, 0.1) is 25.8 Å². The first-order valence-corrected chi connectivity index (χ1v) is 10.8. The Morgan fingerprint density at radius 3 is 2.38 bits per heavy atom. The lowest BCUT2D eigenvalue weighted by Crippen LogP contribution is -2.41. The van der Waals surface area contributed by atoms with E-state index in [1.807, 2.05) is 36.4 Å². The van der Waals surface area contributed by atoms with Gasteiger partial charge in [-0.25, -0.2) is 0 Å². The number of methoxy groups -OCH3 is 2. The van der Waals surface area contributed by atoms with Gasteiger partial charge in [0.25, 0.3) is 0 Å². The van der Waals surface area contributed by atoms with E-state index in [4.69, 9.17) is 21.1 Å². The minimum absolute atomic E-state index is 0.0317. The van der Waals surface area contributed by atoms with Crippen molar-refractivity contribution in [1.29, 1.82) is 0 Å². The lowest BCUT2D eigenvalue weighted by Gasteiger charge is -2.32. The molecule has 3 aromatic rings. The molecule has 1 unspecified atom stereocenters. The van der Waals surface area contributed by atoms with Crippen LogP contribution in [0.4, 0.5) is 11.5 Å². The van der Waals surface area contributed by atoms with Crippen molar-refractivity contribution in [3.8, 4) is 22.8 Å². The molecule has 0 spiro atoms. The Balaban J connectivity index is 1.43. The number of hydrogen-bond acceptors (Lipinski definition) is 6. The average molecular weight is 453 g/mol. The van der Waals surface area contributed by atoms with Crippen LogP contribution in [0.5, 0.6) is 11.5 Å². The van der Waals surface area contributed by atoms with Crippen LogP contribution in [0.1, 0.15) is 12.8 Å². The van der Waals surface area contributed by atoms with E-state index < -0.39 is 0 Å². The highest BCUT2D eigenvalue weighted by Gasteiger charge is 2.27. The lowest BCUT2D eigenvalue weighted by atomic mass is 9.97. The number of halogens is 1. The summed E-state index contributed by atoms with van der Waals surface area (Å²) >= 11 is 5.96. The molecule has 1 N–H and O–H groups in total. The van der Waals surface area contributed by atoms with Gasteiger partial charge >= 0.3 is 0 Å². The zero-order valence-electron chi connectivity index (χ0n) is 18.0. The molecule has 0 radical (unpaired) electrons. The van der Waals surface area contributed by atoms with Crippen molar-refractivity contribution >= 4 is 29.0 Å². The molecular weight excluding hydrogens is 428 g/mol. The fourth-order valence-electron chi connectivity index (χ4n) is 3.79. The quantitative estimate of drug-likeness (QED) is 0.585. The fraction of sp³-hybridized carbons (Fsp3) is 0.292. The van der Waals surface area contributed by atoms with Gasteiger partial charge in [-0.2, -0.15) is 0 Å². The molecule has 1 aliphatic heterocycles. The molecule has 0 aliphatic carbocycles. The zero-order chi connectivity index (χ0) is 22.5. The van der Waals surface area contributed by atoms with Crippen LogP contribution in [0.15, 0.2) is 54.6 Å². The summed E-state index contributed by atoms with van der Waals surface area (Å²) in [6.45, 7) is 1.42. The highest BCUT2D eigenvalue weighted by Crippen LogP contribution is 2.28. The van der Waals surface area contributed by atoms with Gasteiger partial charge in [0, 0.05) is 47.6 Å². The molecule has 0 saturated carbocycles. The second-order valence-corrected chi connectivity index (χ2v) is 8.10. The number of carbonyl (C=O) groups is 1. The van der Waals surface area contributed by atoms with E-state index in [-0.39, 0.29) is 11.8 Å². The summed E-state index contributed by atoms with van der Waals surface area (Å²) in [5.74, 6) is 1.83. The number of piperidine rings is 1. The molecule has 1 aliphatic rings. The fourth-order valence-corrected chi connectivity index (χ4v) is 3.92. The third-order valence-corrected chi connectivity index (χ3v) is 5.78. The van der Waals surface area contributed by atoms with E-state index in [2.05, 4.69) is 20.4 Å². The number of carbonyl (C=O) groups excluding carboxylic acids is 1. The number of anilines is 2. The molecule has 1 atom stereocenters. The summed E-state index contributed by atoms with van der Waals surface area (Å²) in [5.41, 5.74) is 2.39. The van der Waals surface area contributed by atoms with Crippen LogP contribution in [0.3, 0.4) is 0 Å². The smallest absolute Gasteiger partial charge is 0.229 e. The molecule has 1 amide bonds. The number of nitrogens with one attached hydrogen (secondary N) is 1. The number of aromatic nitrogens is 2. The standard InChI is InChI=1S/C24H25ClN4O3/c1-31-20-12-19(13-21(14-20)32-2)26-24(30)17-4-3-11-29(15-17)23-10-9-22(27-28-23)16-5-7-18(25)8-6-16/h5-10,12-14,17H,3-4,11,15H2,1-2H3,(H,26,30). The second-order valence-electron chi connectivity index (χ2n) is 7.66. The predicted molar refractivity (Wildman–Crippen MR) is 126 cm³/mol. The number of benzene rings is 2. The van der Waals surface area contributed by atoms with Crippen molar-refractivity contribution in [3.63, 3.8) is 0 Å². The van der Waals surface area contributed by atoms with Crippen LogP contribution in [-0.2, 0) is 4.79 Å². The molecule has 4 rings (SSSR count). The van der Waals surface area contributed by atoms with E-state index in [0.29, 0.717) is 28.8 Å². The predicted octanol–water partition coefficient (Wildman–Crippen LogP) is 4.67. The van der Waals surface area contributed by atoms with Crippen LogP contribution in [-0.4, -0.2) is 43.4 Å². The van der Waals surface area contributed by atoms with Crippen molar-refractivity contribution in [2.45, 2.75) is 12.8 Å². The van der Waals surface area contributed by atoms with Gasteiger partial charge < -0.3 is 19.7 Å². The summed E-state index contributed by atoms with van der Waals surface area (Å²) in [4.78, 5) is 15.1. The van der Waals surface area contributed by atoms with Crippen LogP contribution in [0.25, 0.3) is 11.3 Å². The Labute approximate surface area is 192 Å². The topological polar surface area (TPSA) is 76.6 Å². The van der Waals surface area contributed by atoms with Gasteiger partial charge in [-0.15, -0.1) is 10.2 Å². The van der Waals surface area contributed by atoms with Crippen molar-refractivity contribution in [2.75, 3.05) is 37.5 Å². The van der Waals surface area contributed by atoms with Crippen LogP contribution >= 0.6 is 11.6 Å². The highest BCUT2D eigenvalue weighted by molar-refractivity contribution is 6.30. The summed E-state index contributed by atoms with van der Waals surface area (Å²) in [6.07, 6.45) is 1.72. The van der Waals surface area contributed by atoms with Crippen LogP contribution < -0.4 is 19.7 Å². The van der Waals surface area contributed by atoms with Crippen molar-refractivity contribution in [3.05, 3.63) is 59.6 Å². The second kappa shape index (κ2) is 9.87. The van der Waals surface area contributed by atoms with E-state index in [0.717, 1.165) is 36.5 Å². The molecule has 1 aromatic heterocycles. The van der Waals surface area contributed by atoms with E-state index in [1.165, 1.54) is 0 Å². The number of rotatable bonds is 6. The Bertz CT molecular complexity index is 1050. The van der Waals surface area contributed by atoms with Gasteiger partial charge in [0.15, 0.2) is 5.82 Å². The summed E-state index contributed by atoms with van der Waals surface area (Å²) in [5, 5.41) is 12.4. The first-order valence-electron chi connectivity index (χ1n) is 10.4. The minimum atomic E-state index is -0.154. The average Bonchev–Trinajstić information content (AvgIpc) is 2.84. The molecule has 2 aromatic carbocycles. The van der Waals surface area contributed by atoms with Gasteiger partial charge in [-0.1, -0.05) is 23.7 Å². The molecular formula is C24H25ClN4O3. The minimum Gasteiger partial charge on any atom is -0.497 e. The van der Waals surface area contributed by atoms with Gasteiger partial charge in [-0.05, 0) is 37.1 Å². The molecule has 2 heterocycles. The maximum Gasteiger partial charge on any atom is 0.229 e. The van der Waals surface area contributed by atoms with E-state index in [9.17, 15) is 4.79 Å². The summed E-state index contributed by atoms with van der Waals surface area (Å²) in [7, 11) is 3.16. The highest BCUT2D eigenvalue weighted by atomic mass is 35.5. The molecule has 32 heavy (non-hydrogen) atoms. The number of amides is 1. The van der Waals surface area contributed by atoms with E-state index in [1.54, 1.807) is 32.4 Å². The molecule has 1 fully saturated rings. The Morgan fingerprint density at radius 1 is 1.03 bits per heavy atom. The third kappa shape index (κ3) is 5.11. The van der Waals surface area contributed by atoms with Crippen molar-refractivity contribution in [1.82, 2.24) is 10.2 Å². The van der Waals surface area contributed by atoms with E-state index >= 15 is 0 Å². The Hall–Kier alpha value is -3.32. The Morgan fingerprint density at radius 2 is 1.75 bits per heavy atom. The number of ether oxygens (including phenoxy) is 2. The maximum atomic E-state index is 12.9. The molecule has 1 saturated heterocycles. The number of nitrogens with zero attached hydrogens (tertiary/aromatic N) is 3. The summed E-state index contributed by atoms with van der Waals surface area (Å²) < 4.78 is 10.6. The van der Waals surface area contributed by atoms with Gasteiger partial charge in [0.1, 0.15) is 11.5 Å². The van der Waals surface area contributed by atoms with Crippen LogP contribution in [0.2, 0.25) is 5.02 Å². The molecule has 7 nitrogen and oxygen atoms in total. The first-order chi connectivity index (χ1) is 15.6. The van der Waals surface area contributed by atoms with Crippen molar-refractivity contribution < 1.29 is 14.3 Å². The largest absolute Gasteiger partial charge is 0.497 e. The third-order valence-electron chi connectivity index (χ3n) is 5.53. The molecule has 8 heteroatoms. The van der Waals surface area contributed by atoms with Gasteiger partial charge in [0.2, 0.25) is 5.91 Å². The number of hydrogen-bond donors (Lipinski definition) is 1. The summed E-state index contributed by atoms with van der Waals surface area (Å²) in [6, 6.07) is 16.7. The zero-order valence-corrected chi connectivity index (χ0v) is 18.8. The molecule has 166 valence electrons. The van der Waals surface area contributed by atoms with Crippen LogP contribution in [0, 0.1) is 5.92 Å². The first kappa shape index (κ1) is 21.9.